The van der Waals surface area contributed by atoms with E-state index in [2.05, 4.69) is 111 Å². The fourth-order valence-corrected chi connectivity index (χ4v) is 9.78. The zero-order valence-corrected chi connectivity index (χ0v) is 28.6. The molecule has 0 fully saturated rings. The van der Waals surface area contributed by atoms with E-state index in [1.807, 2.05) is 0 Å². The molecule has 3 aromatic heterocycles. The van der Waals surface area contributed by atoms with E-state index in [-0.39, 0.29) is 20.3 Å². The summed E-state index contributed by atoms with van der Waals surface area (Å²) in [6.45, 7) is 18.3. The first-order valence-electron chi connectivity index (χ1n) is 15.7. The average Bonchev–Trinajstić information content (AvgIpc) is 3.72. The number of nitrogens with zero attached hydrogens (tertiary/aromatic N) is 2. The second-order valence-electron chi connectivity index (χ2n) is 12.2. The van der Waals surface area contributed by atoms with Crippen LogP contribution in [0.2, 0.25) is 0 Å². The van der Waals surface area contributed by atoms with E-state index in [4.69, 9.17) is 0 Å². The van der Waals surface area contributed by atoms with Gasteiger partial charge in [-0.2, -0.15) is 8.75 Å². The van der Waals surface area contributed by atoms with Crippen LogP contribution in [0.5, 0.6) is 0 Å². The fourth-order valence-electron chi connectivity index (χ4n) is 6.73. The molecule has 1 aromatic carbocycles. The summed E-state index contributed by atoms with van der Waals surface area (Å²) in [5.74, 6) is 1.69. The first-order valence-corrected chi connectivity index (χ1v) is 18.0. The van der Waals surface area contributed by atoms with Crippen molar-refractivity contribution in [3.63, 3.8) is 0 Å². The number of hydrogen-bond donors (Lipinski definition) is 0. The van der Waals surface area contributed by atoms with Gasteiger partial charge in [0.15, 0.2) is 0 Å². The quantitative estimate of drug-likeness (QED) is 0.156. The van der Waals surface area contributed by atoms with Crippen LogP contribution in [-0.4, -0.2) is 8.75 Å². The van der Waals surface area contributed by atoms with Crippen LogP contribution in [0, 0.1) is 39.5 Å². The molecule has 4 aromatic rings. The molecule has 1 aliphatic carbocycles. The maximum absolute atomic E-state index is 4.21. The van der Waals surface area contributed by atoms with E-state index in [0.29, 0.717) is 0 Å². The minimum absolute atomic E-state index is 0. The van der Waals surface area contributed by atoms with Crippen LogP contribution >= 0.6 is 34.4 Å². The SMILES string of the molecule is C.C.CCCCC(CC)CC1(CC(CC)CCCC)c2cc(C)sc2-c2sc(C)cc21.Cc1ccc(C)c2nsnc12. The van der Waals surface area contributed by atoms with Gasteiger partial charge in [-0.3, -0.25) is 0 Å². The number of fused-ring (bicyclic) bond motifs is 4. The Morgan fingerprint density at radius 2 is 1.07 bits per heavy atom. The minimum Gasteiger partial charge on any atom is -0.173 e. The molecule has 2 atom stereocenters. The molecule has 0 spiro atoms. The van der Waals surface area contributed by atoms with E-state index >= 15 is 0 Å². The number of aryl methyl sites for hydroxylation is 4. The van der Waals surface area contributed by atoms with Gasteiger partial charge in [-0.05, 0) is 86.8 Å². The summed E-state index contributed by atoms with van der Waals surface area (Å²) >= 11 is 5.38. The Labute approximate surface area is 270 Å². The lowest BCUT2D eigenvalue weighted by Gasteiger charge is -2.37. The Kier molecular flexibility index (Phi) is 14.4. The van der Waals surface area contributed by atoms with Crippen LogP contribution < -0.4 is 0 Å². The number of rotatable bonds is 12. The van der Waals surface area contributed by atoms with E-state index < -0.39 is 0 Å². The van der Waals surface area contributed by atoms with E-state index in [9.17, 15) is 0 Å². The molecule has 0 saturated heterocycles. The molecule has 0 saturated carbocycles. The third-order valence-corrected chi connectivity index (χ3v) is 11.9. The van der Waals surface area contributed by atoms with Crippen molar-refractivity contribution in [1.82, 2.24) is 8.75 Å². The van der Waals surface area contributed by atoms with Gasteiger partial charge >= 0.3 is 0 Å². The van der Waals surface area contributed by atoms with Crippen molar-refractivity contribution in [2.75, 3.05) is 0 Å². The first kappa shape index (κ1) is 36.6. The largest absolute Gasteiger partial charge is 0.173 e. The molecule has 5 rings (SSSR count). The highest BCUT2D eigenvalue weighted by Crippen LogP contribution is 2.60. The second kappa shape index (κ2) is 16.5. The zero-order valence-electron chi connectivity index (χ0n) is 26.2. The molecular weight excluding hydrogens is 569 g/mol. The smallest absolute Gasteiger partial charge is 0.107 e. The van der Waals surface area contributed by atoms with Crippen LogP contribution in [0.15, 0.2) is 24.3 Å². The van der Waals surface area contributed by atoms with Gasteiger partial charge in [0.2, 0.25) is 0 Å². The molecule has 0 bridgehead atoms. The van der Waals surface area contributed by atoms with Crippen LogP contribution in [0.4, 0.5) is 0 Å². The number of aromatic nitrogens is 2. The van der Waals surface area contributed by atoms with E-state index in [0.717, 1.165) is 22.9 Å². The summed E-state index contributed by atoms with van der Waals surface area (Å²) in [5.41, 5.74) is 8.18. The predicted octanol–water partition coefficient (Wildman–Crippen LogP) is 13.5. The summed E-state index contributed by atoms with van der Waals surface area (Å²) < 4.78 is 8.42. The van der Waals surface area contributed by atoms with Gasteiger partial charge in [0.25, 0.3) is 0 Å². The van der Waals surface area contributed by atoms with Gasteiger partial charge in [-0.1, -0.05) is 106 Å². The van der Waals surface area contributed by atoms with Gasteiger partial charge in [0, 0.05) is 24.9 Å². The molecular formula is C37H58N2S3. The highest BCUT2D eigenvalue weighted by atomic mass is 32.1. The van der Waals surface area contributed by atoms with Gasteiger partial charge in [-0.15, -0.1) is 22.7 Å². The van der Waals surface area contributed by atoms with E-state index in [1.54, 1.807) is 20.9 Å². The molecule has 0 radical (unpaired) electrons. The van der Waals surface area contributed by atoms with Gasteiger partial charge in [0.05, 0.1) is 11.7 Å². The number of benzene rings is 1. The van der Waals surface area contributed by atoms with Crippen molar-refractivity contribution >= 4 is 45.4 Å². The fraction of sp³-hybridized carbons (Fsp3) is 0.622. The Morgan fingerprint density at radius 3 is 1.43 bits per heavy atom. The number of unbranched alkanes of at least 4 members (excludes halogenated alkanes) is 2. The molecule has 5 heteroatoms. The van der Waals surface area contributed by atoms with Crippen molar-refractivity contribution < 1.29 is 0 Å². The summed E-state index contributed by atoms with van der Waals surface area (Å²) in [6.07, 6.45) is 13.6. The molecule has 2 unspecified atom stereocenters. The molecule has 3 heterocycles. The lowest BCUT2D eigenvalue weighted by Crippen LogP contribution is -2.31. The maximum atomic E-state index is 4.21. The van der Waals surface area contributed by atoms with Crippen molar-refractivity contribution in [2.45, 2.75) is 140 Å². The maximum Gasteiger partial charge on any atom is 0.107 e. The standard InChI is InChI=1S/C27H42S2.C8H8N2S.2CH4/c1-7-11-13-21(9-3)17-27(18-22(10-4)14-12-8-2)23-15-19(5)28-25(23)26-24(27)16-20(6)29-26;1-5-3-4-6(2)8-7(5)9-11-10-8;;/h15-16,21-22H,7-14,17-18H2,1-6H3;3-4H,1-2H3;2*1H4. The van der Waals surface area contributed by atoms with Gasteiger partial charge < -0.3 is 0 Å². The Bertz CT molecular complexity index is 1270. The third kappa shape index (κ3) is 7.74. The molecule has 42 heavy (non-hydrogen) atoms. The third-order valence-electron chi connectivity index (χ3n) is 9.13. The van der Waals surface area contributed by atoms with Gasteiger partial charge in [0.1, 0.15) is 11.0 Å². The zero-order chi connectivity index (χ0) is 28.9. The van der Waals surface area contributed by atoms with Gasteiger partial charge in [-0.25, -0.2) is 0 Å². The second-order valence-corrected chi connectivity index (χ2v) is 15.2. The molecule has 1 aliphatic rings. The summed E-state index contributed by atoms with van der Waals surface area (Å²) in [7, 11) is 0. The van der Waals surface area contributed by atoms with Crippen LogP contribution in [-0.2, 0) is 5.41 Å². The molecule has 2 nitrogen and oxygen atoms in total. The Morgan fingerprint density at radius 1 is 0.667 bits per heavy atom. The summed E-state index contributed by atoms with van der Waals surface area (Å²) in [6, 6.07) is 9.31. The molecule has 0 amide bonds. The Balaban J connectivity index is 0.000000397. The van der Waals surface area contributed by atoms with E-state index in [1.165, 1.54) is 96.8 Å². The lowest BCUT2D eigenvalue weighted by atomic mass is 9.65. The molecule has 0 aliphatic heterocycles. The summed E-state index contributed by atoms with van der Waals surface area (Å²) in [5, 5.41) is 0. The number of thiophene rings is 2. The van der Waals surface area contributed by atoms with Crippen molar-refractivity contribution in [3.8, 4) is 9.75 Å². The lowest BCUT2D eigenvalue weighted by molar-refractivity contribution is 0.266. The first-order chi connectivity index (χ1) is 19.3. The topological polar surface area (TPSA) is 25.8 Å². The molecule has 234 valence electrons. The van der Waals surface area contributed by atoms with Crippen LogP contribution in [0.3, 0.4) is 0 Å². The monoisotopic (exact) mass is 626 g/mol. The summed E-state index contributed by atoms with van der Waals surface area (Å²) in [4.78, 5) is 6.23. The van der Waals surface area contributed by atoms with Crippen molar-refractivity contribution in [1.29, 1.82) is 0 Å². The van der Waals surface area contributed by atoms with Crippen molar-refractivity contribution in [2.24, 2.45) is 11.8 Å². The van der Waals surface area contributed by atoms with Crippen LogP contribution in [0.25, 0.3) is 20.8 Å². The van der Waals surface area contributed by atoms with Crippen LogP contribution in [0.1, 0.15) is 139 Å². The highest BCUT2D eigenvalue weighted by molar-refractivity contribution is 7.22. The van der Waals surface area contributed by atoms with Crippen molar-refractivity contribution in [3.05, 3.63) is 56.3 Å². The normalized spacial score (nSPS) is 14.3. The number of hydrogen-bond acceptors (Lipinski definition) is 5. The predicted molar refractivity (Wildman–Crippen MR) is 194 cm³/mol. The highest BCUT2D eigenvalue weighted by Gasteiger charge is 2.47. The average molecular weight is 627 g/mol. The molecule has 0 N–H and O–H groups in total. The minimum atomic E-state index is 0. The Hall–Kier alpha value is -1.56.